The highest BCUT2D eigenvalue weighted by Gasteiger charge is 2.63. The number of benzene rings is 2. The number of aromatic nitrogens is 2. The second kappa shape index (κ2) is 12.5. The molecule has 52 heavy (non-hydrogen) atoms. The molecule has 4 aromatic rings. The smallest absolute Gasteiger partial charge is 0.319 e. The molecule has 6 bridgehead atoms. The average molecular weight is 705 g/mol. The zero-order chi connectivity index (χ0) is 36.1. The van der Waals surface area contributed by atoms with E-state index in [-0.39, 0.29) is 41.8 Å². The minimum atomic E-state index is -0.756. The summed E-state index contributed by atoms with van der Waals surface area (Å²) in [5.41, 5.74) is 8.43. The van der Waals surface area contributed by atoms with Gasteiger partial charge in [0.05, 0.1) is 32.8 Å². The van der Waals surface area contributed by atoms with Crippen molar-refractivity contribution in [1.82, 2.24) is 19.8 Å². The molecule has 9 unspecified atom stereocenters. The van der Waals surface area contributed by atoms with Crippen molar-refractivity contribution in [3.8, 4) is 5.75 Å². The number of H-pyrrole nitrogens is 2. The summed E-state index contributed by atoms with van der Waals surface area (Å²) in [5.74, 6) is 0.960. The Morgan fingerprint density at radius 1 is 1.02 bits per heavy atom. The summed E-state index contributed by atoms with van der Waals surface area (Å²) in [4.78, 5) is 41.2. The van der Waals surface area contributed by atoms with Crippen molar-refractivity contribution in [3.63, 3.8) is 0 Å². The SMILES string of the molecule is CC=C1CN(C)C2Cc3c([nH]c4ccccc34)C(c3c(OC)ccc4c5c([nH]c34)C3(C(=O)OC)CC4CC(CC)C3N(CC5)C4)CC1C2C(=O)OC. The molecule has 2 aromatic carbocycles. The molecule has 2 aromatic heterocycles. The van der Waals surface area contributed by atoms with Crippen LogP contribution in [0.5, 0.6) is 5.75 Å². The van der Waals surface area contributed by atoms with Crippen molar-refractivity contribution in [2.24, 2.45) is 23.7 Å². The van der Waals surface area contributed by atoms with E-state index in [1.54, 1.807) is 14.2 Å². The van der Waals surface area contributed by atoms with Crippen LogP contribution in [0.25, 0.3) is 21.8 Å². The first-order chi connectivity index (χ1) is 25.3. The maximum Gasteiger partial charge on any atom is 0.319 e. The van der Waals surface area contributed by atoms with Crippen molar-refractivity contribution in [2.45, 2.75) is 75.8 Å². The van der Waals surface area contributed by atoms with Crippen LogP contribution in [-0.2, 0) is 37.3 Å². The number of piperidine rings is 3. The van der Waals surface area contributed by atoms with Crippen molar-refractivity contribution < 1.29 is 23.8 Å². The number of fused-ring (bicyclic) bond motifs is 9. The topological polar surface area (TPSA) is 99.9 Å². The van der Waals surface area contributed by atoms with Gasteiger partial charge >= 0.3 is 11.9 Å². The Bertz CT molecular complexity index is 2110. The summed E-state index contributed by atoms with van der Waals surface area (Å²) in [5, 5.41) is 2.35. The Balaban J connectivity index is 1.32. The average Bonchev–Trinajstić information content (AvgIpc) is 3.70. The molecule has 3 saturated heterocycles. The first kappa shape index (κ1) is 33.7. The number of nitrogens with one attached hydrogen (secondary N) is 2. The van der Waals surface area contributed by atoms with Gasteiger partial charge in [0.1, 0.15) is 11.2 Å². The molecule has 1 saturated carbocycles. The minimum Gasteiger partial charge on any atom is -0.496 e. The van der Waals surface area contributed by atoms with Crippen LogP contribution >= 0.6 is 0 Å². The van der Waals surface area contributed by atoms with Crippen molar-refractivity contribution in [2.75, 3.05) is 48.0 Å². The number of hydrogen-bond acceptors (Lipinski definition) is 7. The van der Waals surface area contributed by atoms with Crippen LogP contribution in [0.2, 0.25) is 0 Å². The van der Waals surface area contributed by atoms with Gasteiger partial charge < -0.3 is 24.2 Å². The monoisotopic (exact) mass is 704 g/mol. The number of hydrogen-bond donors (Lipinski definition) is 2. The molecule has 0 spiro atoms. The Hall–Kier alpha value is -4.08. The van der Waals surface area contributed by atoms with Gasteiger partial charge in [-0.1, -0.05) is 43.2 Å². The molecule has 0 amide bonds. The van der Waals surface area contributed by atoms with E-state index >= 15 is 0 Å². The molecule has 9 atom stereocenters. The maximum absolute atomic E-state index is 14.4. The van der Waals surface area contributed by atoms with E-state index in [1.165, 1.54) is 41.3 Å². The van der Waals surface area contributed by atoms with Gasteiger partial charge in [0.25, 0.3) is 0 Å². The van der Waals surface area contributed by atoms with E-state index in [0.29, 0.717) is 18.3 Å². The van der Waals surface area contributed by atoms with Crippen molar-refractivity contribution in [3.05, 3.63) is 76.1 Å². The zero-order valence-electron chi connectivity index (χ0n) is 31.4. The molecule has 6 heterocycles. The molecule has 9 nitrogen and oxygen atoms in total. The van der Waals surface area contributed by atoms with Crippen LogP contribution in [0.15, 0.2) is 48.0 Å². The van der Waals surface area contributed by atoms with Gasteiger partial charge in [0.2, 0.25) is 0 Å². The Morgan fingerprint density at radius 2 is 1.85 bits per heavy atom. The lowest BCUT2D eigenvalue weighted by atomic mass is 9.56. The van der Waals surface area contributed by atoms with E-state index in [4.69, 9.17) is 14.2 Å². The molecule has 2 aliphatic carbocycles. The normalized spacial score (nSPS) is 33.2. The lowest BCUT2D eigenvalue weighted by Gasteiger charge is -2.57. The van der Waals surface area contributed by atoms with Gasteiger partial charge in [-0.2, -0.15) is 0 Å². The van der Waals surface area contributed by atoms with E-state index in [0.717, 1.165) is 78.7 Å². The zero-order valence-corrected chi connectivity index (χ0v) is 31.4. The lowest BCUT2D eigenvalue weighted by Crippen LogP contribution is -2.67. The third-order valence-corrected chi connectivity index (χ3v) is 14.2. The summed E-state index contributed by atoms with van der Waals surface area (Å²) < 4.78 is 17.7. The molecule has 4 aliphatic heterocycles. The summed E-state index contributed by atoms with van der Waals surface area (Å²) in [6, 6.07) is 13.0. The van der Waals surface area contributed by atoms with E-state index in [2.05, 4.69) is 83.1 Å². The molecular formula is C43H52N4O5. The fourth-order valence-corrected chi connectivity index (χ4v) is 12.1. The van der Waals surface area contributed by atoms with Gasteiger partial charge in [0.15, 0.2) is 0 Å². The quantitative estimate of drug-likeness (QED) is 0.181. The third-order valence-electron chi connectivity index (χ3n) is 14.2. The fourth-order valence-electron chi connectivity index (χ4n) is 12.1. The maximum atomic E-state index is 14.4. The first-order valence-corrected chi connectivity index (χ1v) is 19.3. The summed E-state index contributed by atoms with van der Waals surface area (Å²) in [6.07, 6.45) is 7.53. The van der Waals surface area contributed by atoms with Crippen molar-refractivity contribution in [1.29, 1.82) is 0 Å². The second-order valence-corrected chi connectivity index (χ2v) is 16.3. The highest BCUT2D eigenvalue weighted by molar-refractivity contribution is 5.95. The summed E-state index contributed by atoms with van der Waals surface area (Å²) in [7, 11) is 6.98. The number of aromatic amines is 2. The van der Waals surface area contributed by atoms with Crippen LogP contribution in [0, 0.1) is 23.7 Å². The number of esters is 2. The predicted molar refractivity (Wildman–Crippen MR) is 202 cm³/mol. The summed E-state index contributed by atoms with van der Waals surface area (Å²) in [6.45, 7) is 7.16. The van der Waals surface area contributed by atoms with Gasteiger partial charge in [-0.15, -0.1) is 0 Å². The lowest BCUT2D eigenvalue weighted by molar-refractivity contribution is -0.162. The van der Waals surface area contributed by atoms with Crippen LogP contribution in [0.4, 0.5) is 0 Å². The number of nitrogens with zero attached hydrogens (tertiary/aromatic N) is 2. The number of likely N-dealkylation sites (tertiary alicyclic amines) is 1. The van der Waals surface area contributed by atoms with Crippen LogP contribution in [-0.4, -0.2) is 91.8 Å². The number of rotatable bonds is 5. The van der Waals surface area contributed by atoms with Crippen LogP contribution in [0.1, 0.15) is 73.5 Å². The van der Waals surface area contributed by atoms with Gasteiger partial charge in [-0.25, -0.2) is 0 Å². The number of para-hydroxylation sites is 1. The standard InChI is InChI=1S/C43H52N4O5/c1-7-24-17-23-20-43(42(49)52-6)39-28(15-16-47(21-23)40(24)43)27-13-14-34(50-4)36(38(27)45-39)31-18-29-25(8-2)22-46(3)33(35(29)41(48)51-5)19-30-26-11-9-10-12-32(26)44-37(30)31/h8-14,23-24,29,31,33,35,40,44-45H,7,15-22H2,1-6H3. The minimum absolute atomic E-state index is 0.00427. The van der Waals surface area contributed by atoms with Crippen LogP contribution < -0.4 is 4.74 Å². The highest BCUT2D eigenvalue weighted by Crippen LogP contribution is 2.57. The Morgan fingerprint density at radius 3 is 2.60 bits per heavy atom. The molecule has 274 valence electrons. The number of carbonyl (C=O) groups excluding carboxylic acids is 2. The fraction of sp³-hybridized carbons (Fsp3) is 0.535. The molecule has 4 fully saturated rings. The third kappa shape index (κ3) is 4.60. The molecule has 2 N–H and O–H groups in total. The Kier molecular flexibility index (Phi) is 8.12. The molecule has 10 rings (SSSR count). The number of likely N-dealkylation sites (N-methyl/N-ethyl adjacent to an activating group) is 1. The van der Waals surface area contributed by atoms with Gasteiger partial charge in [-0.05, 0) is 93.2 Å². The van der Waals surface area contributed by atoms with Gasteiger partial charge in [0, 0.05) is 70.9 Å². The predicted octanol–water partition coefficient (Wildman–Crippen LogP) is 6.49. The largest absolute Gasteiger partial charge is 0.496 e. The van der Waals surface area contributed by atoms with Crippen molar-refractivity contribution >= 4 is 33.7 Å². The Labute approximate surface area is 306 Å². The molecule has 6 aliphatic rings. The van der Waals surface area contributed by atoms with E-state index < -0.39 is 5.41 Å². The van der Waals surface area contributed by atoms with E-state index in [9.17, 15) is 9.59 Å². The molecule has 9 heteroatoms. The number of carbonyl (C=O) groups is 2. The first-order valence-electron chi connectivity index (χ1n) is 19.3. The number of allylic oxidation sites excluding steroid dienone is 1. The number of methoxy groups -OCH3 is 3. The van der Waals surface area contributed by atoms with Crippen LogP contribution in [0.3, 0.4) is 0 Å². The molecule has 0 radical (unpaired) electrons. The highest BCUT2D eigenvalue weighted by atomic mass is 16.5. The number of ether oxygens (including phenoxy) is 3. The second-order valence-electron chi connectivity index (χ2n) is 16.3. The van der Waals surface area contributed by atoms with Gasteiger partial charge in [-0.3, -0.25) is 19.4 Å². The molecular weight excluding hydrogens is 652 g/mol. The van der Waals surface area contributed by atoms with E-state index in [1.807, 2.05) is 0 Å². The summed E-state index contributed by atoms with van der Waals surface area (Å²) >= 11 is 0.